The molecule has 0 atom stereocenters. The van der Waals surface area contributed by atoms with Crippen molar-refractivity contribution in [3.05, 3.63) is 35.9 Å². The molecule has 0 spiro atoms. The molecule has 106 valence electrons. The van der Waals surface area contributed by atoms with Crippen molar-refractivity contribution in [2.75, 3.05) is 18.4 Å². The summed E-state index contributed by atoms with van der Waals surface area (Å²) >= 11 is 3.37. The van der Waals surface area contributed by atoms with Crippen molar-refractivity contribution in [3.8, 4) is 0 Å². The molecule has 0 bridgehead atoms. The first-order chi connectivity index (χ1) is 9.13. The zero-order valence-electron chi connectivity index (χ0n) is 11.6. The van der Waals surface area contributed by atoms with Crippen LogP contribution in [0, 0.1) is 5.92 Å². The van der Waals surface area contributed by atoms with Crippen LogP contribution in [0.1, 0.15) is 25.8 Å². The van der Waals surface area contributed by atoms with Crippen molar-refractivity contribution in [1.82, 2.24) is 4.90 Å². The van der Waals surface area contributed by atoms with Gasteiger partial charge in [-0.15, -0.1) is 0 Å². The van der Waals surface area contributed by atoms with E-state index in [9.17, 15) is 4.79 Å². The molecule has 1 rings (SSSR count). The summed E-state index contributed by atoms with van der Waals surface area (Å²) < 4.78 is 5.34. The fourth-order valence-electron chi connectivity index (χ4n) is 1.62. The maximum Gasteiger partial charge on any atom is 0.410 e. The number of nitrogens with zero attached hydrogens (tertiary/aromatic N) is 1. The second-order valence-electron chi connectivity index (χ2n) is 4.90. The van der Waals surface area contributed by atoms with E-state index in [2.05, 4.69) is 29.8 Å². The van der Waals surface area contributed by atoms with Crippen LogP contribution in [0.5, 0.6) is 0 Å². The van der Waals surface area contributed by atoms with Gasteiger partial charge in [0.2, 0.25) is 0 Å². The highest BCUT2D eigenvalue weighted by atomic mass is 79.9. The average molecular weight is 328 g/mol. The van der Waals surface area contributed by atoms with Crippen LogP contribution >= 0.6 is 15.9 Å². The Balaban J connectivity index is 2.43. The molecular weight excluding hydrogens is 306 g/mol. The Hall–Kier alpha value is -1.03. The van der Waals surface area contributed by atoms with Crippen LogP contribution in [0.15, 0.2) is 30.3 Å². The van der Waals surface area contributed by atoms with Gasteiger partial charge in [-0.2, -0.15) is 0 Å². The van der Waals surface area contributed by atoms with Crippen LogP contribution < -0.4 is 0 Å². The van der Waals surface area contributed by atoms with Gasteiger partial charge in [-0.05, 0) is 17.9 Å². The van der Waals surface area contributed by atoms with Crippen molar-refractivity contribution in [2.45, 2.75) is 26.9 Å². The lowest BCUT2D eigenvalue weighted by molar-refractivity contribution is 0.0969. The molecule has 1 aromatic rings. The van der Waals surface area contributed by atoms with Crippen LogP contribution in [-0.4, -0.2) is 29.4 Å². The number of benzene rings is 1. The second kappa shape index (κ2) is 8.97. The molecule has 1 aromatic carbocycles. The van der Waals surface area contributed by atoms with E-state index in [0.29, 0.717) is 19.1 Å². The molecule has 0 aliphatic rings. The first-order valence-corrected chi connectivity index (χ1v) is 7.77. The van der Waals surface area contributed by atoms with E-state index in [1.807, 2.05) is 30.3 Å². The summed E-state index contributed by atoms with van der Waals surface area (Å²) in [5.74, 6) is 0.583. The Morgan fingerprint density at radius 3 is 2.53 bits per heavy atom. The average Bonchev–Trinajstić information content (AvgIpc) is 2.41. The van der Waals surface area contributed by atoms with Gasteiger partial charge in [0, 0.05) is 18.4 Å². The predicted molar refractivity (Wildman–Crippen MR) is 81.4 cm³/mol. The molecule has 0 N–H and O–H groups in total. The minimum Gasteiger partial charge on any atom is -0.445 e. The van der Waals surface area contributed by atoms with Crippen molar-refractivity contribution in [2.24, 2.45) is 5.92 Å². The number of hydrogen-bond acceptors (Lipinski definition) is 2. The molecule has 0 aliphatic carbocycles. The molecule has 19 heavy (non-hydrogen) atoms. The van der Waals surface area contributed by atoms with Gasteiger partial charge in [0.25, 0.3) is 0 Å². The summed E-state index contributed by atoms with van der Waals surface area (Å²) in [6.45, 7) is 6.07. The van der Waals surface area contributed by atoms with Gasteiger partial charge in [-0.3, -0.25) is 0 Å². The van der Waals surface area contributed by atoms with E-state index in [1.54, 1.807) is 4.90 Å². The standard InChI is InChI=1S/C15H22BrNO2/c1-13(2)8-10-17(11-9-16)15(18)19-12-14-6-4-3-5-7-14/h3-7,13H,8-12H2,1-2H3. The van der Waals surface area contributed by atoms with Gasteiger partial charge >= 0.3 is 6.09 Å². The van der Waals surface area contributed by atoms with Gasteiger partial charge < -0.3 is 9.64 Å². The smallest absolute Gasteiger partial charge is 0.410 e. The Bertz CT molecular complexity index is 368. The molecule has 3 nitrogen and oxygen atoms in total. The zero-order valence-corrected chi connectivity index (χ0v) is 13.2. The SMILES string of the molecule is CC(C)CCN(CCBr)C(=O)OCc1ccccc1. The largest absolute Gasteiger partial charge is 0.445 e. The Morgan fingerprint density at radius 2 is 1.95 bits per heavy atom. The van der Waals surface area contributed by atoms with Crippen LogP contribution in [0.2, 0.25) is 0 Å². The van der Waals surface area contributed by atoms with Gasteiger partial charge in [0.05, 0.1) is 0 Å². The number of alkyl halides is 1. The predicted octanol–water partition coefficient (Wildman–Crippen LogP) is 4.07. The molecule has 0 heterocycles. The van der Waals surface area contributed by atoms with Gasteiger partial charge in [-0.25, -0.2) is 4.79 Å². The van der Waals surface area contributed by atoms with Crippen LogP contribution in [0.3, 0.4) is 0 Å². The van der Waals surface area contributed by atoms with Crippen LogP contribution in [0.4, 0.5) is 4.79 Å². The summed E-state index contributed by atoms with van der Waals surface area (Å²) in [5, 5.41) is 0.769. The highest BCUT2D eigenvalue weighted by molar-refractivity contribution is 9.09. The fraction of sp³-hybridized carbons (Fsp3) is 0.533. The number of amides is 1. The maximum atomic E-state index is 12.0. The molecule has 0 saturated carbocycles. The summed E-state index contributed by atoms with van der Waals surface area (Å²) in [6.07, 6.45) is 0.761. The van der Waals surface area contributed by atoms with E-state index < -0.39 is 0 Å². The van der Waals surface area contributed by atoms with E-state index in [0.717, 1.165) is 23.9 Å². The van der Waals surface area contributed by atoms with Gasteiger partial charge in [0.1, 0.15) is 6.61 Å². The van der Waals surface area contributed by atoms with Crippen molar-refractivity contribution >= 4 is 22.0 Å². The molecule has 0 unspecified atom stereocenters. The topological polar surface area (TPSA) is 29.5 Å². The number of hydrogen-bond donors (Lipinski definition) is 0. The molecule has 4 heteroatoms. The minimum atomic E-state index is -0.232. The normalized spacial score (nSPS) is 10.5. The number of ether oxygens (including phenoxy) is 1. The third-order valence-corrected chi connectivity index (χ3v) is 3.15. The molecule has 0 saturated heterocycles. The zero-order chi connectivity index (χ0) is 14.1. The minimum absolute atomic E-state index is 0.232. The third-order valence-electron chi connectivity index (χ3n) is 2.79. The van der Waals surface area contributed by atoms with E-state index in [4.69, 9.17) is 4.74 Å². The number of carbonyl (C=O) groups excluding carboxylic acids is 1. The number of rotatable bonds is 7. The lowest BCUT2D eigenvalue weighted by Crippen LogP contribution is -2.34. The molecule has 1 amide bonds. The molecule has 0 aliphatic heterocycles. The quantitative estimate of drug-likeness (QED) is 0.706. The summed E-state index contributed by atoms with van der Waals surface area (Å²) in [6, 6.07) is 9.74. The van der Waals surface area contributed by atoms with Crippen molar-refractivity contribution in [1.29, 1.82) is 0 Å². The number of carbonyl (C=O) groups is 1. The molecular formula is C15H22BrNO2. The lowest BCUT2D eigenvalue weighted by atomic mass is 10.1. The highest BCUT2D eigenvalue weighted by Crippen LogP contribution is 2.07. The van der Waals surface area contributed by atoms with Gasteiger partial charge in [0.15, 0.2) is 0 Å². The van der Waals surface area contributed by atoms with Crippen molar-refractivity contribution < 1.29 is 9.53 Å². The monoisotopic (exact) mass is 327 g/mol. The molecule has 0 radical (unpaired) electrons. The summed E-state index contributed by atoms with van der Waals surface area (Å²) in [5.41, 5.74) is 1.01. The summed E-state index contributed by atoms with van der Waals surface area (Å²) in [4.78, 5) is 13.8. The first-order valence-electron chi connectivity index (χ1n) is 6.65. The lowest BCUT2D eigenvalue weighted by Gasteiger charge is -2.22. The first kappa shape index (κ1) is 16.0. The van der Waals surface area contributed by atoms with Crippen LogP contribution in [0.25, 0.3) is 0 Å². The van der Waals surface area contributed by atoms with Gasteiger partial charge in [-0.1, -0.05) is 60.1 Å². The molecule has 0 aromatic heterocycles. The highest BCUT2D eigenvalue weighted by Gasteiger charge is 2.14. The second-order valence-corrected chi connectivity index (χ2v) is 5.69. The third kappa shape index (κ3) is 6.62. The van der Waals surface area contributed by atoms with Crippen molar-refractivity contribution in [3.63, 3.8) is 0 Å². The van der Waals surface area contributed by atoms with E-state index in [-0.39, 0.29) is 6.09 Å². The molecule has 0 fully saturated rings. The Kier molecular flexibility index (Phi) is 7.56. The maximum absolute atomic E-state index is 12.0. The van der Waals surface area contributed by atoms with E-state index in [1.165, 1.54) is 0 Å². The Morgan fingerprint density at radius 1 is 1.26 bits per heavy atom. The Labute approximate surface area is 124 Å². The number of halogens is 1. The van der Waals surface area contributed by atoms with E-state index >= 15 is 0 Å². The van der Waals surface area contributed by atoms with Crippen LogP contribution in [-0.2, 0) is 11.3 Å². The fourth-order valence-corrected chi connectivity index (χ4v) is 2.05. The summed E-state index contributed by atoms with van der Waals surface area (Å²) in [7, 11) is 0.